The predicted molar refractivity (Wildman–Crippen MR) is 102 cm³/mol. The number of nitrogens with zero attached hydrogens (tertiary/aromatic N) is 1. The predicted octanol–water partition coefficient (Wildman–Crippen LogP) is 2.53. The van der Waals surface area contributed by atoms with E-state index in [0.717, 1.165) is 37.0 Å². The molecule has 144 valence electrons. The van der Waals surface area contributed by atoms with Crippen LogP contribution in [0.25, 0.3) is 0 Å². The molecule has 6 nitrogen and oxygen atoms in total. The fourth-order valence-electron chi connectivity index (χ4n) is 3.64. The Morgan fingerprint density at radius 2 is 1.77 bits per heavy atom. The van der Waals surface area contributed by atoms with Gasteiger partial charge in [-0.1, -0.05) is 38.1 Å². The zero-order valence-electron chi connectivity index (χ0n) is 16.1. The molecule has 0 radical (unpaired) electrons. The number of ether oxygens (including phenoxy) is 1. The molecule has 1 aliphatic rings. The molecule has 2 atom stereocenters. The number of piperidine rings is 1. The smallest absolute Gasteiger partial charge is 0.407 e. The highest BCUT2D eigenvalue weighted by atomic mass is 16.5. The van der Waals surface area contributed by atoms with Crippen LogP contribution in [0.3, 0.4) is 0 Å². The van der Waals surface area contributed by atoms with E-state index in [1.807, 2.05) is 18.2 Å². The van der Waals surface area contributed by atoms with Gasteiger partial charge in [-0.05, 0) is 36.3 Å². The summed E-state index contributed by atoms with van der Waals surface area (Å²) in [7, 11) is 0. The minimum atomic E-state index is -0.573. The second-order valence-electron chi connectivity index (χ2n) is 7.26. The van der Waals surface area contributed by atoms with Gasteiger partial charge in [-0.2, -0.15) is 0 Å². The molecule has 1 saturated heterocycles. The van der Waals surface area contributed by atoms with Crippen LogP contribution in [0, 0.1) is 11.8 Å². The maximum Gasteiger partial charge on any atom is 0.407 e. The average molecular weight is 361 g/mol. The lowest BCUT2D eigenvalue weighted by atomic mass is 9.91. The van der Waals surface area contributed by atoms with Gasteiger partial charge in [0.05, 0.1) is 6.61 Å². The molecule has 0 aromatic heterocycles. The Morgan fingerprint density at radius 3 is 2.42 bits per heavy atom. The summed E-state index contributed by atoms with van der Waals surface area (Å²) in [5, 5.41) is 5.29. The van der Waals surface area contributed by atoms with Gasteiger partial charge in [0.15, 0.2) is 0 Å². The molecule has 0 saturated carbocycles. The Morgan fingerprint density at radius 1 is 1.12 bits per heavy atom. The van der Waals surface area contributed by atoms with E-state index in [1.54, 1.807) is 6.92 Å². The van der Waals surface area contributed by atoms with Gasteiger partial charge >= 0.3 is 6.09 Å². The normalized spacial score (nSPS) is 20.4. The summed E-state index contributed by atoms with van der Waals surface area (Å²) >= 11 is 0. The monoisotopic (exact) mass is 361 g/mol. The average Bonchev–Trinajstić information content (AvgIpc) is 2.58. The molecular formula is C20H31N3O3. The molecule has 1 heterocycles. The third-order valence-corrected chi connectivity index (χ3v) is 4.60. The van der Waals surface area contributed by atoms with E-state index in [0.29, 0.717) is 6.54 Å². The Hall–Kier alpha value is -2.08. The number of benzene rings is 1. The largest absolute Gasteiger partial charge is 0.450 e. The number of hydrogen-bond acceptors (Lipinski definition) is 4. The standard InChI is InChI=1S/C20H31N3O3/c1-4-26-20(25)22-11-19(24)21-10-17-7-5-6-8-18(17)14-23-12-15(2)9-16(3)13-23/h5-8,15-16H,4,9-14H2,1-3H3,(H,21,24)(H,22,25)/t15-,16+. The van der Waals surface area contributed by atoms with Gasteiger partial charge in [0, 0.05) is 26.2 Å². The number of alkyl carbamates (subject to hydrolysis) is 1. The number of likely N-dealkylation sites (tertiary alicyclic amines) is 1. The molecule has 0 unspecified atom stereocenters. The number of rotatable bonds is 7. The molecule has 0 spiro atoms. The maximum atomic E-state index is 11.9. The van der Waals surface area contributed by atoms with Crippen molar-refractivity contribution in [3.8, 4) is 0 Å². The Balaban J connectivity index is 1.86. The van der Waals surface area contributed by atoms with Crippen molar-refractivity contribution in [1.82, 2.24) is 15.5 Å². The quantitative estimate of drug-likeness (QED) is 0.783. The number of carbonyl (C=O) groups excluding carboxylic acids is 2. The molecule has 6 heteroatoms. The summed E-state index contributed by atoms with van der Waals surface area (Å²) in [6.07, 6.45) is 0.721. The van der Waals surface area contributed by atoms with E-state index in [-0.39, 0.29) is 19.1 Å². The minimum absolute atomic E-state index is 0.0812. The summed E-state index contributed by atoms with van der Waals surface area (Å²) in [6, 6.07) is 8.20. The zero-order chi connectivity index (χ0) is 18.9. The molecule has 26 heavy (non-hydrogen) atoms. The molecular weight excluding hydrogens is 330 g/mol. The van der Waals surface area contributed by atoms with E-state index in [1.165, 1.54) is 12.0 Å². The van der Waals surface area contributed by atoms with Crippen molar-refractivity contribution >= 4 is 12.0 Å². The van der Waals surface area contributed by atoms with Gasteiger partial charge in [-0.15, -0.1) is 0 Å². The molecule has 1 aromatic rings. The van der Waals surface area contributed by atoms with Gasteiger partial charge in [-0.25, -0.2) is 4.79 Å². The van der Waals surface area contributed by atoms with E-state index < -0.39 is 6.09 Å². The van der Waals surface area contributed by atoms with E-state index in [4.69, 9.17) is 4.74 Å². The Labute approximate surface area is 156 Å². The Kier molecular flexibility index (Phi) is 7.91. The first kappa shape index (κ1) is 20.2. The fourth-order valence-corrected chi connectivity index (χ4v) is 3.64. The van der Waals surface area contributed by atoms with Crippen LogP contribution in [0.15, 0.2) is 24.3 Å². The van der Waals surface area contributed by atoms with Crippen molar-refractivity contribution in [1.29, 1.82) is 0 Å². The summed E-state index contributed by atoms with van der Waals surface area (Å²) < 4.78 is 4.74. The molecule has 2 N–H and O–H groups in total. The lowest BCUT2D eigenvalue weighted by Gasteiger charge is -2.35. The van der Waals surface area contributed by atoms with Crippen LogP contribution in [-0.2, 0) is 22.6 Å². The SMILES string of the molecule is CCOC(=O)NCC(=O)NCc1ccccc1CN1C[C@H](C)C[C@H](C)C1. The highest BCUT2D eigenvalue weighted by Crippen LogP contribution is 2.23. The Bertz CT molecular complexity index is 596. The van der Waals surface area contributed by atoms with Crippen LogP contribution in [0.5, 0.6) is 0 Å². The molecule has 0 aliphatic carbocycles. The first-order valence-electron chi connectivity index (χ1n) is 9.44. The van der Waals surface area contributed by atoms with Crippen molar-refractivity contribution < 1.29 is 14.3 Å². The van der Waals surface area contributed by atoms with E-state index in [2.05, 4.69) is 35.4 Å². The lowest BCUT2D eigenvalue weighted by Crippen LogP contribution is -2.39. The molecule has 2 amide bonds. The van der Waals surface area contributed by atoms with Gasteiger partial charge in [-0.3, -0.25) is 9.69 Å². The third-order valence-electron chi connectivity index (χ3n) is 4.60. The van der Waals surface area contributed by atoms with Crippen molar-refractivity contribution in [2.45, 2.75) is 40.3 Å². The van der Waals surface area contributed by atoms with Gasteiger partial charge in [0.25, 0.3) is 0 Å². The third kappa shape index (κ3) is 6.67. The summed E-state index contributed by atoms with van der Waals surface area (Å²) in [6.45, 7) is 10.1. The number of amides is 2. The van der Waals surface area contributed by atoms with Gasteiger partial charge in [0.2, 0.25) is 5.91 Å². The van der Waals surface area contributed by atoms with E-state index >= 15 is 0 Å². The molecule has 1 aromatic carbocycles. The maximum absolute atomic E-state index is 11.9. The fraction of sp³-hybridized carbons (Fsp3) is 0.600. The van der Waals surface area contributed by atoms with Gasteiger partial charge in [0.1, 0.15) is 6.54 Å². The molecule has 2 rings (SSSR count). The first-order valence-corrected chi connectivity index (χ1v) is 9.44. The van der Waals surface area contributed by atoms with Crippen molar-refractivity contribution in [2.24, 2.45) is 11.8 Å². The van der Waals surface area contributed by atoms with Crippen LogP contribution in [-0.4, -0.2) is 43.1 Å². The second kappa shape index (κ2) is 10.2. The molecule has 1 fully saturated rings. The van der Waals surface area contributed by atoms with Crippen molar-refractivity contribution in [2.75, 3.05) is 26.2 Å². The van der Waals surface area contributed by atoms with Crippen molar-refractivity contribution in [3.63, 3.8) is 0 Å². The lowest BCUT2D eigenvalue weighted by molar-refractivity contribution is -0.120. The van der Waals surface area contributed by atoms with Crippen molar-refractivity contribution in [3.05, 3.63) is 35.4 Å². The number of hydrogen-bond donors (Lipinski definition) is 2. The molecule has 0 bridgehead atoms. The highest BCUT2D eigenvalue weighted by molar-refractivity contribution is 5.82. The summed E-state index contributed by atoms with van der Waals surface area (Å²) in [4.78, 5) is 25.7. The number of carbonyl (C=O) groups is 2. The van der Waals surface area contributed by atoms with Crippen LogP contribution in [0.4, 0.5) is 4.79 Å². The van der Waals surface area contributed by atoms with Crippen LogP contribution >= 0.6 is 0 Å². The first-order chi connectivity index (χ1) is 12.5. The molecule has 1 aliphatic heterocycles. The summed E-state index contributed by atoms with van der Waals surface area (Å²) in [5.74, 6) is 1.22. The van der Waals surface area contributed by atoms with E-state index in [9.17, 15) is 9.59 Å². The summed E-state index contributed by atoms with van der Waals surface area (Å²) in [5.41, 5.74) is 2.36. The van der Waals surface area contributed by atoms with Crippen LogP contribution in [0.1, 0.15) is 38.3 Å². The topological polar surface area (TPSA) is 70.7 Å². The minimum Gasteiger partial charge on any atom is -0.450 e. The van der Waals surface area contributed by atoms with Gasteiger partial charge < -0.3 is 15.4 Å². The second-order valence-corrected chi connectivity index (χ2v) is 7.26. The van der Waals surface area contributed by atoms with Crippen LogP contribution < -0.4 is 10.6 Å². The zero-order valence-corrected chi connectivity index (χ0v) is 16.1. The number of nitrogens with one attached hydrogen (secondary N) is 2. The highest BCUT2D eigenvalue weighted by Gasteiger charge is 2.22. The van der Waals surface area contributed by atoms with Crippen LogP contribution in [0.2, 0.25) is 0 Å².